The first-order valence-electron chi connectivity index (χ1n) is 6.78. The SMILES string of the molecule is N=C(N)c1ccc(S(=O)(=O)CCOC2CCCC2)cc1. The number of amidine groups is 1. The zero-order chi connectivity index (χ0) is 14.6. The number of rotatable bonds is 6. The fourth-order valence-corrected chi connectivity index (χ4v) is 3.44. The molecule has 1 aliphatic carbocycles. The van der Waals surface area contributed by atoms with E-state index in [1.165, 1.54) is 25.0 Å². The molecule has 0 heterocycles. The molecule has 6 heteroatoms. The summed E-state index contributed by atoms with van der Waals surface area (Å²) in [7, 11) is -3.33. The van der Waals surface area contributed by atoms with Crippen molar-refractivity contribution in [1.82, 2.24) is 0 Å². The zero-order valence-electron chi connectivity index (χ0n) is 11.3. The lowest BCUT2D eigenvalue weighted by Crippen LogP contribution is -2.17. The molecule has 20 heavy (non-hydrogen) atoms. The van der Waals surface area contributed by atoms with E-state index in [1.807, 2.05) is 0 Å². The molecule has 0 saturated heterocycles. The van der Waals surface area contributed by atoms with Gasteiger partial charge in [-0.05, 0) is 25.0 Å². The van der Waals surface area contributed by atoms with Crippen LogP contribution >= 0.6 is 0 Å². The van der Waals surface area contributed by atoms with Crippen LogP contribution in [0.15, 0.2) is 29.2 Å². The van der Waals surface area contributed by atoms with E-state index < -0.39 is 9.84 Å². The second-order valence-electron chi connectivity index (χ2n) is 5.03. The Morgan fingerprint density at radius 2 is 1.85 bits per heavy atom. The monoisotopic (exact) mass is 296 g/mol. The molecular weight excluding hydrogens is 276 g/mol. The molecule has 5 nitrogen and oxygen atoms in total. The van der Waals surface area contributed by atoms with Crippen LogP contribution in [0.2, 0.25) is 0 Å². The highest BCUT2D eigenvalue weighted by molar-refractivity contribution is 7.91. The molecule has 1 aliphatic rings. The normalized spacial score (nSPS) is 16.4. The van der Waals surface area contributed by atoms with Gasteiger partial charge < -0.3 is 10.5 Å². The number of ether oxygens (including phenoxy) is 1. The van der Waals surface area contributed by atoms with Gasteiger partial charge in [0.15, 0.2) is 9.84 Å². The highest BCUT2D eigenvalue weighted by Crippen LogP contribution is 2.21. The van der Waals surface area contributed by atoms with Crippen molar-refractivity contribution >= 4 is 15.7 Å². The predicted octanol–water partition coefficient (Wildman–Crippen LogP) is 1.70. The number of nitrogen functional groups attached to an aromatic ring is 1. The molecule has 3 N–H and O–H groups in total. The third-order valence-corrected chi connectivity index (χ3v) is 5.23. The van der Waals surface area contributed by atoms with Crippen molar-refractivity contribution in [2.24, 2.45) is 5.73 Å². The van der Waals surface area contributed by atoms with E-state index in [-0.39, 0.29) is 29.2 Å². The van der Waals surface area contributed by atoms with Gasteiger partial charge in [0, 0.05) is 5.56 Å². The van der Waals surface area contributed by atoms with E-state index in [9.17, 15) is 8.42 Å². The van der Waals surface area contributed by atoms with Crippen LogP contribution in [0.3, 0.4) is 0 Å². The third-order valence-electron chi connectivity index (χ3n) is 3.53. The maximum absolute atomic E-state index is 12.1. The van der Waals surface area contributed by atoms with Crippen LogP contribution in [-0.2, 0) is 14.6 Å². The third kappa shape index (κ3) is 3.80. The van der Waals surface area contributed by atoms with Crippen LogP contribution in [0.5, 0.6) is 0 Å². The molecule has 0 unspecified atom stereocenters. The van der Waals surface area contributed by atoms with Crippen molar-refractivity contribution < 1.29 is 13.2 Å². The van der Waals surface area contributed by atoms with Crippen molar-refractivity contribution in [3.05, 3.63) is 29.8 Å². The summed E-state index contributed by atoms with van der Waals surface area (Å²) in [5.41, 5.74) is 5.86. The Bertz CT molecular complexity index is 561. The Hall–Kier alpha value is -1.40. The molecule has 110 valence electrons. The van der Waals surface area contributed by atoms with Gasteiger partial charge in [-0.3, -0.25) is 5.41 Å². The standard InChI is InChI=1S/C14H20N2O3S/c15-14(16)11-5-7-13(8-6-11)20(17,18)10-9-19-12-3-1-2-4-12/h5-8,12H,1-4,9-10H2,(H3,15,16). The summed E-state index contributed by atoms with van der Waals surface area (Å²) in [6.45, 7) is 0.238. The van der Waals surface area contributed by atoms with Crippen LogP contribution in [0.4, 0.5) is 0 Å². The number of hydrogen-bond acceptors (Lipinski definition) is 4. The lowest BCUT2D eigenvalue weighted by Gasteiger charge is -2.11. The summed E-state index contributed by atoms with van der Waals surface area (Å²) >= 11 is 0. The van der Waals surface area contributed by atoms with Gasteiger partial charge in [-0.1, -0.05) is 25.0 Å². The lowest BCUT2D eigenvalue weighted by atomic mass is 10.2. The lowest BCUT2D eigenvalue weighted by molar-refractivity contribution is 0.0697. The fourth-order valence-electron chi connectivity index (χ4n) is 2.34. The van der Waals surface area contributed by atoms with Gasteiger partial charge in [0.2, 0.25) is 0 Å². The maximum Gasteiger partial charge on any atom is 0.180 e. The Labute approximate surface area is 119 Å². The summed E-state index contributed by atoms with van der Waals surface area (Å²) in [4.78, 5) is 0.248. The minimum absolute atomic E-state index is 0.0110. The van der Waals surface area contributed by atoms with Gasteiger partial charge in [0.05, 0.1) is 23.4 Å². The van der Waals surface area contributed by atoms with E-state index in [2.05, 4.69) is 0 Å². The highest BCUT2D eigenvalue weighted by atomic mass is 32.2. The Morgan fingerprint density at radius 1 is 1.25 bits per heavy atom. The van der Waals surface area contributed by atoms with Crippen LogP contribution in [0.1, 0.15) is 31.2 Å². The largest absolute Gasteiger partial charge is 0.384 e. The molecule has 0 aliphatic heterocycles. The van der Waals surface area contributed by atoms with Crippen molar-refractivity contribution in [3.63, 3.8) is 0 Å². The number of hydrogen-bond donors (Lipinski definition) is 2. The predicted molar refractivity (Wildman–Crippen MR) is 77.7 cm³/mol. The molecule has 0 atom stereocenters. The molecule has 0 aromatic heterocycles. The summed E-state index contributed by atoms with van der Waals surface area (Å²) in [6, 6.07) is 6.07. The average molecular weight is 296 g/mol. The summed E-state index contributed by atoms with van der Waals surface area (Å²) in [6.07, 6.45) is 4.64. The van der Waals surface area contributed by atoms with Gasteiger partial charge in [-0.15, -0.1) is 0 Å². The maximum atomic E-state index is 12.1. The molecule has 0 spiro atoms. The molecule has 2 rings (SSSR count). The quantitative estimate of drug-likeness (QED) is 0.617. The van der Waals surface area contributed by atoms with Crippen molar-refractivity contribution in [1.29, 1.82) is 5.41 Å². The Balaban J connectivity index is 1.93. The first kappa shape index (κ1) is 15.0. The first-order chi connectivity index (χ1) is 9.49. The van der Waals surface area contributed by atoms with Crippen LogP contribution < -0.4 is 5.73 Å². The number of benzene rings is 1. The van der Waals surface area contributed by atoms with Gasteiger partial charge in [0.1, 0.15) is 5.84 Å². The second kappa shape index (κ2) is 6.37. The summed E-state index contributed by atoms with van der Waals surface area (Å²) < 4.78 is 29.8. The fraction of sp³-hybridized carbons (Fsp3) is 0.500. The molecule has 0 bridgehead atoms. The average Bonchev–Trinajstić information content (AvgIpc) is 2.92. The van der Waals surface area contributed by atoms with E-state index in [0.717, 1.165) is 12.8 Å². The molecule has 1 aromatic carbocycles. The molecular formula is C14H20N2O3S. The number of nitrogens with one attached hydrogen (secondary N) is 1. The topological polar surface area (TPSA) is 93.2 Å². The number of nitrogens with two attached hydrogens (primary N) is 1. The van der Waals surface area contributed by atoms with Crippen molar-refractivity contribution in [2.75, 3.05) is 12.4 Å². The second-order valence-corrected chi connectivity index (χ2v) is 7.14. The Kier molecular flexibility index (Phi) is 4.77. The zero-order valence-corrected chi connectivity index (χ0v) is 12.2. The van der Waals surface area contributed by atoms with Crippen LogP contribution in [0.25, 0.3) is 0 Å². The van der Waals surface area contributed by atoms with Crippen molar-refractivity contribution in [2.45, 2.75) is 36.7 Å². The molecule has 0 amide bonds. The minimum Gasteiger partial charge on any atom is -0.384 e. The smallest absolute Gasteiger partial charge is 0.180 e. The van der Waals surface area contributed by atoms with Crippen LogP contribution in [-0.4, -0.2) is 32.7 Å². The highest BCUT2D eigenvalue weighted by Gasteiger charge is 2.18. The van der Waals surface area contributed by atoms with Gasteiger partial charge >= 0.3 is 0 Å². The van der Waals surface area contributed by atoms with Gasteiger partial charge in [-0.2, -0.15) is 0 Å². The first-order valence-corrected chi connectivity index (χ1v) is 8.43. The van der Waals surface area contributed by atoms with Crippen LogP contribution in [0, 0.1) is 5.41 Å². The molecule has 1 saturated carbocycles. The van der Waals surface area contributed by atoms with E-state index in [0.29, 0.717) is 5.56 Å². The van der Waals surface area contributed by atoms with E-state index in [4.69, 9.17) is 15.9 Å². The van der Waals surface area contributed by atoms with Gasteiger partial charge in [-0.25, -0.2) is 8.42 Å². The summed E-state index contributed by atoms with van der Waals surface area (Å²) in [5.74, 6) is -0.0818. The van der Waals surface area contributed by atoms with E-state index >= 15 is 0 Å². The minimum atomic E-state index is -3.33. The number of sulfone groups is 1. The molecule has 0 radical (unpaired) electrons. The Morgan fingerprint density at radius 3 is 2.40 bits per heavy atom. The molecule has 1 fully saturated rings. The van der Waals surface area contributed by atoms with E-state index in [1.54, 1.807) is 12.1 Å². The van der Waals surface area contributed by atoms with Gasteiger partial charge in [0.25, 0.3) is 0 Å². The summed E-state index contributed by atoms with van der Waals surface area (Å²) in [5, 5.41) is 7.28. The molecule has 1 aromatic rings. The van der Waals surface area contributed by atoms with Crippen molar-refractivity contribution in [3.8, 4) is 0 Å².